The van der Waals surface area contributed by atoms with E-state index in [-0.39, 0.29) is 17.3 Å². The zero-order valence-corrected chi connectivity index (χ0v) is 16.6. The van der Waals surface area contributed by atoms with E-state index >= 15 is 0 Å². The topological polar surface area (TPSA) is 66.5 Å². The molecule has 3 aromatic rings. The van der Waals surface area contributed by atoms with Gasteiger partial charge in [-0.25, -0.2) is 12.8 Å². The van der Waals surface area contributed by atoms with Crippen LogP contribution in [0.1, 0.15) is 18.5 Å². The van der Waals surface area contributed by atoms with Gasteiger partial charge >= 0.3 is 0 Å². The van der Waals surface area contributed by atoms with Crippen LogP contribution in [0, 0.1) is 5.82 Å². The van der Waals surface area contributed by atoms with Gasteiger partial charge < -0.3 is 5.32 Å². The van der Waals surface area contributed by atoms with Gasteiger partial charge in [-0.05, 0) is 48.9 Å². The molecule has 0 bridgehead atoms. The highest BCUT2D eigenvalue weighted by atomic mass is 32.2. The lowest BCUT2D eigenvalue weighted by atomic mass is 10.1. The predicted molar refractivity (Wildman–Crippen MR) is 110 cm³/mol. The number of para-hydroxylation sites is 1. The Kier molecular flexibility index (Phi) is 6.29. The molecule has 0 saturated carbocycles. The molecule has 1 atom stereocenters. The fourth-order valence-corrected chi connectivity index (χ4v) is 4.32. The molecule has 1 N–H and O–H groups in total. The van der Waals surface area contributed by atoms with Crippen molar-refractivity contribution in [2.45, 2.75) is 17.9 Å². The van der Waals surface area contributed by atoms with E-state index in [9.17, 15) is 17.6 Å². The largest absolute Gasteiger partial charge is 0.348 e. The van der Waals surface area contributed by atoms with Crippen LogP contribution >= 0.6 is 0 Å². The van der Waals surface area contributed by atoms with Crippen LogP contribution in [0.15, 0.2) is 89.8 Å². The third-order valence-electron chi connectivity index (χ3n) is 4.41. The molecule has 3 rings (SSSR count). The number of hydrogen-bond donors (Lipinski definition) is 1. The van der Waals surface area contributed by atoms with Gasteiger partial charge in [0, 0.05) is 0 Å². The first kappa shape index (κ1) is 20.5. The van der Waals surface area contributed by atoms with Gasteiger partial charge in [-0.15, -0.1) is 0 Å². The molecule has 29 heavy (non-hydrogen) atoms. The summed E-state index contributed by atoms with van der Waals surface area (Å²) in [4.78, 5) is 12.8. The van der Waals surface area contributed by atoms with E-state index in [1.165, 1.54) is 24.3 Å². The molecule has 3 aromatic carbocycles. The Morgan fingerprint density at radius 3 is 2.07 bits per heavy atom. The molecule has 1 amide bonds. The van der Waals surface area contributed by atoms with Gasteiger partial charge in [0.2, 0.25) is 5.91 Å². The summed E-state index contributed by atoms with van der Waals surface area (Å²) in [5.74, 6) is -0.832. The highest BCUT2D eigenvalue weighted by Gasteiger charge is 2.27. The fourth-order valence-electron chi connectivity index (χ4n) is 2.88. The number of nitrogens with one attached hydrogen (secondary N) is 1. The number of halogens is 1. The molecule has 0 spiro atoms. The van der Waals surface area contributed by atoms with Crippen molar-refractivity contribution in [1.82, 2.24) is 5.32 Å². The summed E-state index contributed by atoms with van der Waals surface area (Å²) < 4.78 is 40.5. The Balaban J connectivity index is 1.84. The lowest BCUT2D eigenvalue weighted by molar-refractivity contribution is -0.120. The van der Waals surface area contributed by atoms with Crippen molar-refractivity contribution in [3.05, 3.63) is 96.3 Å². The number of anilines is 1. The van der Waals surface area contributed by atoms with E-state index in [4.69, 9.17) is 0 Å². The van der Waals surface area contributed by atoms with Crippen molar-refractivity contribution in [2.75, 3.05) is 10.8 Å². The molecule has 0 saturated heterocycles. The Morgan fingerprint density at radius 2 is 1.48 bits per heavy atom. The van der Waals surface area contributed by atoms with E-state index in [1.807, 2.05) is 0 Å². The molecule has 150 valence electrons. The quantitative estimate of drug-likeness (QED) is 0.640. The number of nitrogens with zero attached hydrogens (tertiary/aromatic N) is 1. The van der Waals surface area contributed by atoms with Crippen molar-refractivity contribution in [3.63, 3.8) is 0 Å². The second-order valence-electron chi connectivity index (χ2n) is 6.50. The van der Waals surface area contributed by atoms with Gasteiger partial charge in [0.05, 0.1) is 16.6 Å². The molecule has 5 nitrogen and oxygen atoms in total. The Morgan fingerprint density at radius 1 is 0.931 bits per heavy atom. The highest BCUT2D eigenvalue weighted by molar-refractivity contribution is 7.92. The lowest BCUT2D eigenvalue weighted by Gasteiger charge is -2.25. The smallest absolute Gasteiger partial charge is 0.264 e. The monoisotopic (exact) mass is 412 g/mol. The Hall–Kier alpha value is -3.19. The Labute approximate surface area is 169 Å². The van der Waals surface area contributed by atoms with Crippen LogP contribution in [-0.2, 0) is 14.8 Å². The molecule has 0 aliphatic rings. The fraction of sp³-hybridized carbons (Fsp3) is 0.136. The van der Waals surface area contributed by atoms with E-state index in [1.54, 1.807) is 67.6 Å². The molecule has 0 unspecified atom stereocenters. The van der Waals surface area contributed by atoms with Gasteiger partial charge in [0.25, 0.3) is 10.0 Å². The summed E-state index contributed by atoms with van der Waals surface area (Å²) >= 11 is 0. The first-order valence-corrected chi connectivity index (χ1v) is 10.5. The molecule has 0 aliphatic carbocycles. The third-order valence-corrected chi connectivity index (χ3v) is 6.20. The summed E-state index contributed by atoms with van der Waals surface area (Å²) in [5, 5.41) is 2.77. The number of rotatable bonds is 7. The maximum absolute atomic E-state index is 13.2. The van der Waals surface area contributed by atoms with E-state index < -0.39 is 22.0 Å². The maximum atomic E-state index is 13.2. The van der Waals surface area contributed by atoms with Crippen molar-refractivity contribution >= 4 is 21.6 Å². The van der Waals surface area contributed by atoms with Crippen molar-refractivity contribution in [3.8, 4) is 0 Å². The Bertz CT molecular complexity index is 1060. The summed E-state index contributed by atoms with van der Waals surface area (Å²) in [6.07, 6.45) is 0. The molecule has 0 radical (unpaired) electrons. The van der Waals surface area contributed by atoms with Crippen molar-refractivity contribution in [2.24, 2.45) is 0 Å². The van der Waals surface area contributed by atoms with Crippen LogP contribution in [0.2, 0.25) is 0 Å². The highest BCUT2D eigenvalue weighted by Crippen LogP contribution is 2.23. The molecule has 0 heterocycles. The summed E-state index contributed by atoms with van der Waals surface area (Å²) in [5.41, 5.74) is 1.11. The number of amides is 1. The summed E-state index contributed by atoms with van der Waals surface area (Å²) in [7, 11) is -3.93. The average Bonchev–Trinajstić information content (AvgIpc) is 2.73. The van der Waals surface area contributed by atoms with Crippen LogP contribution in [0.3, 0.4) is 0 Å². The van der Waals surface area contributed by atoms with Gasteiger partial charge in [-0.2, -0.15) is 0 Å². The number of sulfonamides is 1. The number of hydrogen-bond acceptors (Lipinski definition) is 3. The normalized spacial score (nSPS) is 12.2. The zero-order valence-electron chi connectivity index (χ0n) is 15.8. The van der Waals surface area contributed by atoms with Gasteiger partial charge in [0.15, 0.2) is 0 Å². The lowest BCUT2D eigenvalue weighted by Crippen LogP contribution is -2.41. The molecule has 0 aliphatic heterocycles. The first-order chi connectivity index (χ1) is 13.9. The van der Waals surface area contributed by atoms with Crippen LogP contribution in [0.25, 0.3) is 0 Å². The van der Waals surface area contributed by atoms with Gasteiger partial charge in [-0.1, -0.05) is 48.5 Å². The number of benzene rings is 3. The van der Waals surface area contributed by atoms with Gasteiger partial charge in [-0.3, -0.25) is 9.10 Å². The zero-order chi connectivity index (χ0) is 20.9. The van der Waals surface area contributed by atoms with Gasteiger partial charge in [0.1, 0.15) is 12.4 Å². The minimum atomic E-state index is -3.93. The molecule has 0 fully saturated rings. The van der Waals surface area contributed by atoms with E-state index in [0.717, 1.165) is 9.87 Å². The number of carbonyl (C=O) groups excluding carboxylic acids is 1. The molecule has 0 aromatic heterocycles. The van der Waals surface area contributed by atoms with Crippen LogP contribution in [-0.4, -0.2) is 20.9 Å². The second-order valence-corrected chi connectivity index (χ2v) is 8.36. The second kappa shape index (κ2) is 8.87. The maximum Gasteiger partial charge on any atom is 0.264 e. The standard InChI is InChI=1S/C22H21FN2O3S/c1-17(18-12-14-19(23)15-13-18)24-22(26)16-25(20-8-4-2-5-9-20)29(27,28)21-10-6-3-7-11-21/h2-15,17H,16H2,1H3,(H,24,26)/t17-/m0/s1. The molecular formula is C22H21FN2O3S. The van der Waals surface area contributed by atoms with E-state index in [2.05, 4.69) is 5.32 Å². The van der Waals surface area contributed by atoms with Crippen molar-refractivity contribution < 1.29 is 17.6 Å². The number of carbonyl (C=O) groups is 1. The summed E-state index contributed by atoms with van der Waals surface area (Å²) in [6.45, 7) is 1.37. The first-order valence-electron chi connectivity index (χ1n) is 9.05. The third kappa shape index (κ3) is 5.00. The minimum Gasteiger partial charge on any atom is -0.348 e. The van der Waals surface area contributed by atoms with Crippen LogP contribution < -0.4 is 9.62 Å². The summed E-state index contributed by atoms with van der Waals surface area (Å²) in [6, 6.07) is 21.8. The molecular weight excluding hydrogens is 391 g/mol. The molecule has 7 heteroatoms. The predicted octanol–water partition coefficient (Wildman–Crippen LogP) is 3.90. The van der Waals surface area contributed by atoms with E-state index in [0.29, 0.717) is 5.69 Å². The minimum absolute atomic E-state index is 0.100. The van der Waals surface area contributed by atoms with Crippen LogP contribution in [0.5, 0.6) is 0 Å². The van der Waals surface area contributed by atoms with Crippen molar-refractivity contribution in [1.29, 1.82) is 0 Å². The SMILES string of the molecule is C[C@H](NC(=O)CN(c1ccccc1)S(=O)(=O)c1ccccc1)c1ccc(F)cc1. The van der Waals surface area contributed by atoms with Crippen LogP contribution in [0.4, 0.5) is 10.1 Å². The average molecular weight is 412 g/mol.